The Balaban J connectivity index is 1.56. The minimum Gasteiger partial charge on any atom is -0.406 e. The van der Waals surface area contributed by atoms with Crippen molar-refractivity contribution < 1.29 is 31.1 Å². The SMILES string of the molecule is CNS(=O)(=O)c1cccc(C2(OC)C3CCC2CN(Cc2cccc(OC(F)(F)F)c2)C3)c1. The molecule has 2 atom stereocenters. The topological polar surface area (TPSA) is 67.9 Å². The van der Waals surface area contributed by atoms with E-state index >= 15 is 0 Å². The van der Waals surface area contributed by atoms with Crippen LogP contribution in [0.1, 0.15) is 24.0 Å². The molecule has 2 bridgehead atoms. The molecule has 2 aliphatic rings. The van der Waals surface area contributed by atoms with Gasteiger partial charge in [-0.05, 0) is 55.3 Å². The summed E-state index contributed by atoms with van der Waals surface area (Å²) in [6.45, 7) is 1.88. The molecule has 1 saturated heterocycles. The maximum atomic E-state index is 12.6. The van der Waals surface area contributed by atoms with Gasteiger partial charge in [0.1, 0.15) is 11.4 Å². The molecular weight excluding hydrogens is 457 g/mol. The van der Waals surface area contributed by atoms with Gasteiger partial charge in [0.15, 0.2) is 0 Å². The smallest absolute Gasteiger partial charge is 0.406 e. The first kappa shape index (κ1) is 24.0. The van der Waals surface area contributed by atoms with Gasteiger partial charge in [-0.3, -0.25) is 4.90 Å². The molecule has 2 unspecified atom stereocenters. The number of halogens is 3. The summed E-state index contributed by atoms with van der Waals surface area (Å²) in [6, 6.07) is 12.9. The van der Waals surface area contributed by atoms with Crippen molar-refractivity contribution >= 4 is 10.0 Å². The van der Waals surface area contributed by atoms with Gasteiger partial charge < -0.3 is 9.47 Å². The van der Waals surface area contributed by atoms with Gasteiger partial charge in [-0.25, -0.2) is 13.1 Å². The molecule has 1 heterocycles. The first-order chi connectivity index (χ1) is 15.6. The number of ether oxygens (including phenoxy) is 2. The Kier molecular flexibility index (Phi) is 6.47. The number of nitrogens with one attached hydrogen (secondary N) is 1. The van der Waals surface area contributed by atoms with E-state index in [1.165, 1.54) is 19.2 Å². The lowest BCUT2D eigenvalue weighted by molar-refractivity contribution is -0.274. The zero-order valence-electron chi connectivity index (χ0n) is 18.4. The lowest BCUT2D eigenvalue weighted by Gasteiger charge is -2.47. The minimum absolute atomic E-state index is 0.128. The van der Waals surface area contributed by atoms with Gasteiger partial charge in [0.05, 0.1) is 4.90 Å². The summed E-state index contributed by atoms with van der Waals surface area (Å²) in [5.41, 5.74) is 0.981. The molecule has 2 aromatic carbocycles. The summed E-state index contributed by atoms with van der Waals surface area (Å²) in [7, 11) is -0.541. The minimum atomic E-state index is -4.73. The highest BCUT2D eigenvalue weighted by Crippen LogP contribution is 2.54. The van der Waals surface area contributed by atoms with Crippen LogP contribution in [0, 0.1) is 11.8 Å². The number of hydrogen-bond donors (Lipinski definition) is 1. The van der Waals surface area contributed by atoms with Crippen LogP contribution in [0.3, 0.4) is 0 Å². The van der Waals surface area contributed by atoms with Crippen molar-refractivity contribution in [1.29, 1.82) is 0 Å². The quantitative estimate of drug-likeness (QED) is 0.646. The van der Waals surface area contributed by atoms with Gasteiger partial charge in [0, 0.05) is 38.6 Å². The van der Waals surface area contributed by atoms with E-state index in [0.717, 1.165) is 24.0 Å². The Morgan fingerprint density at radius 3 is 2.36 bits per heavy atom. The van der Waals surface area contributed by atoms with Gasteiger partial charge in [0.25, 0.3) is 0 Å². The number of likely N-dealkylation sites (tertiary alicyclic amines) is 1. The molecular formula is C23H27F3N2O4S. The summed E-state index contributed by atoms with van der Waals surface area (Å²) in [5.74, 6) is 0.0283. The molecule has 180 valence electrons. The molecule has 1 aliphatic carbocycles. The van der Waals surface area contributed by atoms with Gasteiger partial charge in [-0.15, -0.1) is 13.2 Å². The van der Waals surface area contributed by atoms with E-state index < -0.39 is 22.0 Å². The van der Waals surface area contributed by atoms with E-state index in [9.17, 15) is 21.6 Å². The van der Waals surface area contributed by atoms with Crippen LogP contribution in [0.2, 0.25) is 0 Å². The summed E-state index contributed by atoms with van der Waals surface area (Å²) in [4.78, 5) is 2.42. The summed E-state index contributed by atoms with van der Waals surface area (Å²) >= 11 is 0. The van der Waals surface area contributed by atoms with E-state index in [1.54, 1.807) is 37.4 Å². The van der Waals surface area contributed by atoms with E-state index in [0.29, 0.717) is 19.6 Å². The first-order valence-corrected chi connectivity index (χ1v) is 12.2. The average Bonchev–Trinajstić information content (AvgIpc) is 2.96. The Labute approximate surface area is 191 Å². The zero-order valence-corrected chi connectivity index (χ0v) is 19.2. The number of alkyl halides is 3. The number of fused-ring (bicyclic) bond motifs is 2. The van der Waals surface area contributed by atoms with E-state index in [4.69, 9.17) is 4.74 Å². The second kappa shape index (κ2) is 8.90. The molecule has 0 amide bonds. The molecule has 0 aromatic heterocycles. The van der Waals surface area contributed by atoms with Crippen LogP contribution >= 0.6 is 0 Å². The lowest BCUT2D eigenvalue weighted by atomic mass is 9.75. The number of methoxy groups -OCH3 is 1. The normalized spacial score (nSPS) is 25.8. The summed E-state index contributed by atoms with van der Waals surface area (Å²) in [6.07, 6.45) is -2.87. The Morgan fingerprint density at radius 1 is 1.09 bits per heavy atom. The van der Waals surface area contributed by atoms with Crippen molar-refractivity contribution in [3.8, 4) is 5.75 Å². The molecule has 1 saturated carbocycles. The van der Waals surface area contributed by atoms with Crippen molar-refractivity contribution in [2.24, 2.45) is 11.8 Å². The van der Waals surface area contributed by atoms with Crippen molar-refractivity contribution in [1.82, 2.24) is 9.62 Å². The van der Waals surface area contributed by atoms with Crippen LogP contribution in [0.25, 0.3) is 0 Å². The standard InChI is InChI=1S/C23H27F3N2O4S/c1-27-33(29,30)21-8-4-6-17(12-21)22(31-2)18-9-10-19(22)15-28(14-18)13-16-5-3-7-20(11-16)32-23(24,25)26/h3-8,11-12,18-19,27H,9-10,13-15H2,1-2H3. The van der Waals surface area contributed by atoms with Crippen LogP contribution in [0.5, 0.6) is 5.75 Å². The number of sulfonamides is 1. The van der Waals surface area contributed by atoms with Crippen LogP contribution in [0.4, 0.5) is 13.2 Å². The Hall–Kier alpha value is -2.14. The van der Waals surface area contributed by atoms with Crippen LogP contribution in [0.15, 0.2) is 53.4 Å². The average molecular weight is 485 g/mol. The molecule has 0 spiro atoms. The third-order valence-corrected chi connectivity index (χ3v) is 8.19. The fraction of sp³-hybridized carbons (Fsp3) is 0.478. The molecule has 6 nitrogen and oxygen atoms in total. The van der Waals surface area contributed by atoms with Gasteiger partial charge >= 0.3 is 6.36 Å². The highest BCUT2D eigenvalue weighted by molar-refractivity contribution is 7.89. The molecule has 33 heavy (non-hydrogen) atoms. The molecule has 1 aliphatic heterocycles. The van der Waals surface area contributed by atoms with E-state index in [-0.39, 0.29) is 22.5 Å². The molecule has 4 rings (SSSR count). The summed E-state index contributed by atoms with van der Waals surface area (Å²) in [5, 5.41) is 0. The van der Waals surface area contributed by atoms with Gasteiger partial charge in [-0.2, -0.15) is 0 Å². The van der Waals surface area contributed by atoms with Crippen LogP contribution in [-0.4, -0.2) is 46.9 Å². The van der Waals surface area contributed by atoms with Crippen LogP contribution < -0.4 is 9.46 Å². The van der Waals surface area contributed by atoms with Crippen molar-refractivity contribution in [3.05, 3.63) is 59.7 Å². The van der Waals surface area contributed by atoms with E-state index in [2.05, 4.69) is 14.4 Å². The number of benzene rings is 2. The maximum absolute atomic E-state index is 12.6. The first-order valence-electron chi connectivity index (χ1n) is 10.7. The molecule has 2 fully saturated rings. The fourth-order valence-corrected chi connectivity index (χ4v) is 6.27. The zero-order chi connectivity index (χ0) is 23.9. The van der Waals surface area contributed by atoms with Crippen LogP contribution in [-0.2, 0) is 26.9 Å². The third kappa shape index (κ3) is 4.75. The Morgan fingerprint density at radius 2 is 1.76 bits per heavy atom. The number of rotatable bonds is 7. The Bertz CT molecular complexity index is 1090. The predicted molar refractivity (Wildman–Crippen MR) is 116 cm³/mol. The van der Waals surface area contributed by atoms with Gasteiger partial charge in [-0.1, -0.05) is 24.3 Å². The van der Waals surface area contributed by atoms with Crippen molar-refractivity contribution in [3.63, 3.8) is 0 Å². The molecule has 0 radical (unpaired) electrons. The molecule has 10 heteroatoms. The van der Waals surface area contributed by atoms with Crippen molar-refractivity contribution in [2.75, 3.05) is 27.2 Å². The second-order valence-corrected chi connectivity index (χ2v) is 10.5. The number of hydrogen-bond acceptors (Lipinski definition) is 5. The number of piperidine rings is 1. The predicted octanol–water partition coefficient (Wildman–Crippen LogP) is 3.88. The van der Waals surface area contributed by atoms with Gasteiger partial charge in [0.2, 0.25) is 10.0 Å². The number of nitrogens with zero attached hydrogens (tertiary/aromatic N) is 1. The second-order valence-electron chi connectivity index (χ2n) is 8.59. The van der Waals surface area contributed by atoms with Crippen molar-refractivity contribution in [2.45, 2.75) is 36.2 Å². The fourth-order valence-electron chi connectivity index (χ4n) is 5.49. The van der Waals surface area contributed by atoms with E-state index in [1.807, 2.05) is 6.07 Å². The third-order valence-electron chi connectivity index (χ3n) is 6.77. The highest BCUT2D eigenvalue weighted by Gasteiger charge is 2.55. The largest absolute Gasteiger partial charge is 0.573 e. The summed E-state index contributed by atoms with van der Waals surface area (Å²) < 4.78 is 74.9. The molecule has 1 N–H and O–H groups in total. The maximum Gasteiger partial charge on any atom is 0.573 e. The lowest BCUT2D eigenvalue weighted by Crippen LogP contribution is -2.52. The molecule has 2 aromatic rings. The highest BCUT2D eigenvalue weighted by atomic mass is 32.2. The monoisotopic (exact) mass is 484 g/mol.